The Morgan fingerprint density at radius 1 is 0.875 bits per heavy atom. The summed E-state index contributed by atoms with van der Waals surface area (Å²) in [7, 11) is 0. The Labute approximate surface area is 142 Å². The molecule has 4 nitrogen and oxygen atoms in total. The monoisotopic (exact) mass is 322 g/mol. The highest BCUT2D eigenvalue weighted by Crippen LogP contribution is 2.25. The van der Waals surface area contributed by atoms with Gasteiger partial charge in [0.2, 0.25) is 0 Å². The summed E-state index contributed by atoms with van der Waals surface area (Å²) in [6, 6.07) is 16.7. The number of hydrogen-bond acceptors (Lipinski definition) is 3. The van der Waals surface area contributed by atoms with E-state index in [4.69, 9.17) is 4.74 Å². The third-order valence-corrected chi connectivity index (χ3v) is 4.91. The van der Waals surface area contributed by atoms with Gasteiger partial charge in [-0.3, -0.25) is 4.79 Å². The van der Waals surface area contributed by atoms with E-state index in [1.165, 1.54) is 16.8 Å². The summed E-state index contributed by atoms with van der Waals surface area (Å²) in [6.45, 7) is 4.60. The van der Waals surface area contributed by atoms with E-state index in [0.717, 1.165) is 25.1 Å². The van der Waals surface area contributed by atoms with E-state index in [-0.39, 0.29) is 5.91 Å². The molecule has 0 radical (unpaired) electrons. The molecule has 24 heavy (non-hydrogen) atoms. The van der Waals surface area contributed by atoms with Crippen molar-refractivity contribution < 1.29 is 9.53 Å². The Morgan fingerprint density at radius 2 is 1.58 bits per heavy atom. The van der Waals surface area contributed by atoms with Gasteiger partial charge < -0.3 is 14.5 Å². The normalized spacial score (nSPS) is 17.5. The van der Waals surface area contributed by atoms with Gasteiger partial charge in [0.15, 0.2) is 0 Å². The minimum Gasteiger partial charge on any atom is -0.378 e. The maximum Gasteiger partial charge on any atom is 0.254 e. The fraction of sp³-hybridized carbons (Fsp3) is 0.350. The van der Waals surface area contributed by atoms with Crippen LogP contribution < -0.4 is 4.90 Å². The first-order chi connectivity index (χ1) is 11.8. The van der Waals surface area contributed by atoms with Gasteiger partial charge in [-0.15, -0.1) is 0 Å². The molecule has 0 aromatic heterocycles. The number of ether oxygens (including phenoxy) is 1. The molecule has 1 saturated heterocycles. The van der Waals surface area contributed by atoms with E-state index < -0.39 is 0 Å². The SMILES string of the molecule is O=C(c1ccc(N2CCc3ccccc3C2)cc1)N1CCOCC1. The van der Waals surface area contributed by atoms with E-state index in [1.807, 2.05) is 17.0 Å². The maximum atomic E-state index is 12.5. The van der Waals surface area contributed by atoms with E-state index in [9.17, 15) is 4.79 Å². The van der Waals surface area contributed by atoms with Gasteiger partial charge >= 0.3 is 0 Å². The third kappa shape index (κ3) is 3.02. The van der Waals surface area contributed by atoms with Crippen LogP contribution in [0.3, 0.4) is 0 Å². The minimum absolute atomic E-state index is 0.105. The van der Waals surface area contributed by atoms with E-state index in [1.54, 1.807) is 0 Å². The molecule has 0 spiro atoms. The number of nitrogens with zero attached hydrogens (tertiary/aromatic N) is 2. The molecule has 0 saturated carbocycles. The maximum absolute atomic E-state index is 12.5. The van der Waals surface area contributed by atoms with Gasteiger partial charge in [-0.1, -0.05) is 24.3 Å². The average molecular weight is 322 g/mol. The molecule has 2 aliphatic heterocycles. The van der Waals surface area contributed by atoms with Crippen molar-refractivity contribution in [3.63, 3.8) is 0 Å². The summed E-state index contributed by atoms with van der Waals surface area (Å²) in [5.41, 5.74) is 4.80. The fourth-order valence-corrected chi connectivity index (χ4v) is 3.48. The molecule has 124 valence electrons. The lowest BCUT2D eigenvalue weighted by Crippen LogP contribution is -2.40. The average Bonchev–Trinajstić information content (AvgIpc) is 2.68. The zero-order valence-corrected chi connectivity index (χ0v) is 13.8. The first kappa shape index (κ1) is 15.2. The van der Waals surface area contributed by atoms with Crippen LogP contribution in [0.25, 0.3) is 0 Å². The lowest BCUT2D eigenvalue weighted by Gasteiger charge is -2.31. The fourth-order valence-electron chi connectivity index (χ4n) is 3.48. The van der Waals surface area contributed by atoms with Crippen LogP contribution in [0, 0.1) is 0 Å². The van der Waals surface area contributed by atoms with Crippen LogP contribution in [0.5, 0.6) is 0 Å². The highest BCUT2D eigenvalue weighted by atomic mass is 16.5. The molecule has 2 heterocycles. The molecule has 0 aliphatic carbocycles. The molecular formula is C20H22N2O2. The van der Waals surface area contributed by atoms with Crippen LogP contribution in [0.15, 0.2) is 48.5 Å². The number of rotatable bonds is 2. The second-order valence-corrected chi connectivity index (χ2v) is 6.39. The lowest BCUT2D eigenvalue weighted by molar-refractivity contribution is 0.0303. The Morgan fingerprint density at radius 3 is 2.33 bits per heavy atom. The van der Waals surface area contributed by atoms with Crippen LogP contribution in [0.4, 0.5) is 5.69 Å². The van der Waals surface area contributed by atoms with Crippen molar-refractivity contribution in [2.24, 2.45) is 0 Å². The molecule has 1 fully saturated rings. The molecular weight excluding hydrogens is 300 g/mol. The number of carbonyl (C=O) groups is 1. The van der Waals surface area contributed by atoms with Crippen molar-refractivity contribution in [1.29, 1.82) is 0 Å². The van der Waals surface area contributed by atoms with Gasteiger partial charge in [-0.05, 0) is 41.8 Å². The van der Waals surface area contributed by atoms with Crippen molar-refractivity contribution >= 4 is 11.6 Å². The number of benzene rings is 2. The van der Waals surface area contributed by atoms with Crippen LogP contribution in [-0.4, -0.2) is 43.7 Å². The lowest BCUT2D eigenvalue weighted by atomic mass is 9.99. The molecule has 0 unspecified atom stereocenters. The Kier molecular flexibility index (Phi) is 4.22. The Balaban J connectivity index is 1.47. The zero-order chi connectivity index (χ0) is 16.4. The molecule has 4 rings (SSSR count). The van der Waals surface area contributed by atoms with Crippen LogP contribution in [0.1, 0.15) is 21.5 Å². The topological polar surface area (TPSA) is 32.8 Å². The number of morpholine rings is 1. The molecule has 0 bridgehead atoms. The molecule has 1 amide bonds. The van der Waals surface area contributed by atoms with E-state index >= 15 is 0 Å². The molecule has 2 aromatic rings. The van der Waals surface area contributed by atoms with Crippen LogP contribution in [-0.2, 0) is 17.7 Å². The summed E-state index contributed by atoms with van der Waals surface area (Å²) in [4.78, 5) is 16.8. The van der Waals surface area contributed by atoms with Gasteiger partial charge in [0.1, 0.15) is 0 Å². The minimum atomic E-state index is 0.105. The van der Waals surface area contributed by atoms with Crippen LogP contribution >= 0.6 is 0 Å². The van der Waals surface area contributed by atoms with Gasteiger partial charge in [-0.25, -0.2) is 0 Å². The summed E-state index contributed by atoms with van der Waals surface area (Å²) in [5.74, 6) is 0.105. The summed E-state index contributed by atoms with van der Waals surface area (Å²) >= 11 is 0. The first-order valence-corrected chi connectivity index (χ1v) is 8.60. The van der Waals surface area contributed by atoms with Crippen molar-refractivity contribution in [3.05, 3.63) is 65.2 Å². The molecule has 2 aromatic carbocycles. The summed E-state index contributed by atoms with van der Waals surface area (Å²) in [6.07, 6.45) is 1.07. The number of carbonyl (C=O) groups excluding carboxylic acids is 1. The van der Waals surface area contributed by atoms with E-state index in [0.29, 0.717) is 26.3 Å². The second-order valence-electron chi connectivity index (χ2n) is 6.39. The highest BCUT2D eigenvalue weighted by molar-refractivity contribution is 5.94. The van der Waals surface area contributed by atoms with Crippen molar-refractivity contribution in [3.8, 4) is 0 Å². The third-order valence-electron chi connectivity index (χ3n) is 4.91. The molecule has 4 heteroatoms. The zero-order valence-electron chi connectivity index (χ0n) is 13.8. The number of amides is 1. The summed E-state index contributed by atoms with van der Waals surface area (Å²) in [5, 5.41) is 0. The van der Waals surface area contributed by atoms with Gasteiger partial charge in [-0.2, -0.15) is 0 Å². The quantitative estimate of drug-likeness (QED) is 0.852. The predicted molar refractivity (Wildman–Crippen MR) is 94.4 cm³/mol. The first-order valence-electron chi connectivity index (χ1n) is 8.60. The Bertz CT molecular complexity index is 721. The Hall–Kier alpha value is -2.33. The van der Waals surface area contributed by atoms with E-state index in [2.05, 4.69) is 41.3 Å². The van der Waals surface area contributed by atoms with Gasteiger partial charge in [0.05, 0.1) is 13.2 Å². The second kappa shape index (κ2) is 6.65. The van der Waals surface area contributed by atoms with Crippen molar-refractivity contribution in [1.82, 2.24) is 4.90 Å². The standard InChI is InChI=1S/C20H22N2O2/c23-20(21-11-13-24-14-12-21)17-5-7-19(8-6-17)22-10-9-16-3-1-2-4-18(16)15-22/h1-8H,9-15H2. The van der Waals surface area contributed by atoms with Gasteiger partial charge in [0.25, 0.3) is 5.91 Å². The van der Waals surface area contributed by atoms with Gasteiger partial charge in [0, 0.05) is 37.4 Å². The molecule has 0 N–H and O–H groups in total. The van der Waals surface area contributed by atoms with Crippen molar-refractivity contribution in [2.75, 3.05) is 37.7 Å². The number of fused-ring (bicyclic) bond motifs is 1. The largest absolute Gasteiger partial charge is 0.378 e. The summed E-state index contributed by atoms with van der Waals surface area (Å²) < 4.78 is 5.31. The van der Waals surface area contributed by atoms with Crippen molar-refractivity contribution in [2.45, 2.75) is 13.0 Å². The predicted octanol–water partition coefficient (Wildman–Crippen LogP) is 2.72. The number of anilines is 1. The smallest absolute Gasteiger partial charge is 0.254 e. The molecule has 2 aliphatic rings. The highest BCUT2D eigenvalue weighted by Gasteiger charge is 2.20. The van der Waals surface area contributed by atoms with Crippen LogP contribution in [0.2, 0.25) is 0 Å². The number of hydrogen-bond donors (Lipinski definition) is 0. The molecule has 0 atom stereocenters.